The fourth-order valence-electron chi connectivity index (χ4n) is 1.51. The molecule has 1 heterocycles. The number of hydrogen-bond donors (Lipinski definition) is 1. The molecule has 1 unspecified atom stereocenters. The van der Waals surface area contributed by atoms with Crippen molar-refractivity contribution in [2.24, 2.45) is 5.73 Å². The molecule has 0 saturated heterocycles. The Labute approximate surface area is 104 Å². The van der Waals surface area contributed by atoms with E-state index in [9.17, 15) is 0 Å². The lowest BCUT2D eigenvalue weighted by Crippen LogP contribution is -2.34. The van der Waals surface area contributed by atoms with Gasteiger partial charge in [-0.15, -0.1) is 11.3 Å². The lowest BCUT2D eigenvalue weighted by molar-refractivity contribution is 0.0102. The van der Waals surface area contributed by atoms with E-state index in [0.29, 0.717) is 0 Å². The summed E-state index contributed by atoms with van der Waals surface area (Å²) >= 11 is 5.20. The smallest absolute Gasteiger partial charge is 0.0701 e. The maximum atomic E-state index is 6.09. The van der Waals surface area contributed by atoms with Gasteiger partial charge in [0.15, 0.2) is 0 Å². The Morgan fingerprint density at radius 1 is 1.53 bits per heavy atom. The van der Waals surface area contributed by atoms with Crippen molar-refractivity contribution in [2.75, 3.05) is 7.11 Å². The molecule has 1 aromatic rings. The van der Waals surface area contributed by atoms with Crippen LogP contribution in [0.25, 0.3) is 0 Å². The van der Waals surface area contributed by atoms with Crippen molar-refractivity contribution in [3.8, 4) is 0 Å². The van der Waals surface area contributed by atoms with Crippen LogP contribution in [0, 0.1) is 0 Å². The Kier molecular flexibility index (Phi) is 4.77. The molecule has 0 aliphatic carbocycles. The number of halogens is 1. The summed E-state index contributed by atoms with van der Waals surface area (Å²) < 4.78 is 6.53. The second-order valence-corrected chi connectivity index (χ2v) is 6.89. The van der Waals surface area contributed by atoms with Gasteiger partial charge in [-0.1, -0.05) is 0 Å². The van der Waals surface area contributed by atoms with Gasteiger partial charge in [-0.25, -0.2) is 0 Å². The molecule has 4 heteroatoms. The van der Waals surface area contributed by atoms with Gasteiger partial charge in [0.05, 0.1) is 9.39 Å². The van der Waals surface area contributed by atoms with Crippen molar-refractivity contribution < 1.29 is 4.74 Å². The Hall–Kier alpha value is 0.1000. The SMILES string of the molecule is COC(C)(C)CC(N)Cc1ccc(Br)s1. The van der Waals surface area contributed by atoms with Crippen LogP contribution < -0.4 is 5.73 Å². The van der Waals surface area contributed by atoms with Gasteiger partial charge in [0.1, 0.15) is 0 Å². The second kappa shape index (κ2) is 5.43. The third kappa shape index (κ3) is 4.64. The van der Waals surface area contributed by atoms with Crippen molar-refractivity contribution in [3.05, 3.63) is 20.8 Å². The highest BCUT2D eigenvalue weighted by Crippen LogP contribution is 2.24. The number of thiophene rings is 1. The molecule has 1 rings (SSSR count). The maximum Gasteiger partial charge on any atom is 0.0701 e. The molecular weight excluding hydrogens is 274 g/mol. The third-order valence-electron chi connectivity index (χ3n) is 2.40. The standard InChI is InChI=1S/C11H18BrNOS/c1-11(2,14-3)7-8(13)6-9-4-5-10(12)15-9/h4-5,8H,6-7,13H2,1-3H3. The highest BCUT2D eigenvalue weighted by Gasteiger charge is 2.20. The molecule has 2 nitrogen and oxygen atoms in total. The predicted molar refractivity (Wildman–Crippen MR) is 69.4 cm³/mol. The van der Waals surface area contributed by atoms with Gasteiger partial charge in [0.2, 0.25) is 0 Å². The van der Waals surface area contributed by atoms with Gasteiger partial charge >= 0.3 is 0 Å². The molecular formula is C11H18BrNOS. The van der Waals surface area contributed by atoms with Gasteiger partial charge in [0, 0.05) is 18.0 Å². The molecule has 0 fully saturated rings. The first-order chi connectivity index (χ1) is 6.93. The van der Waals surface area contributed by atoms with E-state index < -0.39 is 0 Å². The van der Waals surface area contributed by atoms with Crippen LogP contribution in [0.2, 0.25) is 0 Å². The summed E-state index contributed by atoms with van der Waals surface area (Å²) in [7, 11) is 1.73. The molecule has 0 bridgehead atoms. The molecule has 1 atom stereocenters. The Balaban J connectivity index is 2.46. The lowest BCUT2D eigenvalue weighted by atomic mass is 9.97. The molecule has 0 aliphatic rings. The summed E-state index contributed by atoms with van der Waals surface area (Å²) in [5.74, 6) is 0. The Bertz CT molecular complexity index is 311. The van der Waals surface area contributed by atoms with E-state index >= 15 is 0 Å². The minimum Gasteiger partial charge on any atom is -0.379 e. The topological polar surface area (TPSA) is 35.2 Å². The fraction of sp³-hybridized carbons (Fsp3) is 0.636. The van der Waals surface area contributed by atoms with E-state index in [1.165, 1.54) is 4.88 Å². The predicted octanol–water partition coefficient (Wildman–Crippen LogP) is 3.20. The molecule has 0 aliphatic heterocycles. The quantitative estimate of drug-likeness (QED) is 0.904. The number of nitrogens with two attached hydrogens (primary N) is 1. The molecule has 0 aromatic carbocycles. The van der Waals surface area contributed by atoms with Gasteiger partial charge in [-0.2, -0.15) is 0 Å². The van der Waals surface area contributed by atoms with Crippen molar-refractivity contribution in [1.29, 1.82) is 0 Å². The molecule has 1 aromatic heterocycles. The summed E-state index contributed by atoms with van der Waals surface area (Å²) in [5, 5.41) is 0. The second-order valence-electron chi connectivity index (χ2n) is 4.34. The molecule has 0 radical (unpaired) electrons. The van der Waals surface area contributed by atoms with Crippen LogP contribution >= 0.6 is 27.3 Å². The molecule has 0 spiro atoms. The zero-order valence-electron chi connectivity index (χ0n) is 9.42. The molecule has 15 heavy (non-hydrogen) atoms. The van der Waals surface area contributed by atoms with Crippen molar-refractivity contribution >= 4 is 27.3 Å². The van der Waals surface area contributed by atoms with Crippen LogP contribution in [0.4, 0.5) is 0 Å². The number of rotatable bonds is 5. The summed E-state index contributed by atoms with van der Waals surface area (Å²) in [6, 6.07) is 4.34. The van der Waals surface area contributed by atoms with E-state index in [-0.39, 0.29) is 11.6 Å². The minimum atomic E-state index is -0.131. The first-order valence-electron chi connectivity index (χ1n) is 4.98. The van der Waals surface area contributed by atoms with Crippen molar-refractivity contribution in [2.45, 2.75) is 38.3 Å². The maximum absolute atomic E-state index is 6.09. The molecule has 0 saturated carbocycles. The minimum absolute atomic E-state index is 0.131. The third-order valence-corrected chi connectivity index (χ3v) is 4.04. The Morgan fingerprint density at radius 2 is 2.20 bits per heavy atom. The molecule has 86 valence electrons. The van der Waals surface area contributed by atoms with Crippen molar-refractivity contribution in [1.82, 2.24) is 0 Å². The largest absolute Gasteiger partial charge is 0.379 e. The van der Waals surface area contributed by atoms with E-state index in [4.69, 9.17) is 10.5 Å². The van der Waals surface area contributed by atoms with E-state index in [1.807, 2.05) is 0 Å². The van der Waals surface area contributed by atoms with Gasteiger partial charge in [0.25, 0.3) is 0 Å². The van der Waals surface area contributed by atoms with Crippen LogP contribution in [0.1, 0.15) is 25.1 Å². The van der Waals surface area contributed by atoms with Gasteiger partial charge < -0.3 is 10.5 Å². The first kappa shape index (κ1) is 13.2. The number of hydrogen-bond acceptors (Lipinski definition) is 3. The number of methoxy groups -OCH3 is 1. The van der Waals surface area contributed by atoms with Gasteiger partial charge in [-0.05, 0) is 54.8 Å². The molecule has 2 N–H and O–H groups in total. The van der Waals surface area contributed by atoms with Crippen LogP contribution in [0.15, 0.2) is 15.9 Å². The van der Waals surface area contributed by atoms with E-state index in [0.717, 1.165) is 16.6 Å². The zero-order chi connectivity index (χ0) is 11.5. The summed E-state index contributed by atoms with van der Waals surface area (Å²) in [6.45, 7) is 4.13. The lowest BCUT2D eigenvalue weighted by Gasteiger charge is -2.26. The highest BCUT2D eigenvalue weighted by molar-refractivity contribution is 9.11. The Morgan fingerprint density at radius 3 is 2.67 bits per heavy atom. The first-order valence-corrected chi connectivity index (χ1v) is 6.59. The monoisotopic (exact) mass is 291 g/mol. The van der Waals surface area contributed by atoms with Crippen LogP contribution in [0.5, 0.6) is 0 Å². The molecule has 0 amide bonds. The normalized spacial score (nSPS) is 14.2. The van der Waals surface area contributed by atoms with Gasteiger partial charge in [-0.3, -0.25) is 0 Å². The fourth-order valence-corrected chi connectivity index (χ4v) is 3.08. The van der Waals surface area contributed by atoms with E-state index in [1.54, 1.807) is 18.4 Å². The van der Waals surface area contributed by atoms with Crippen LogP contribution in [-0.4, -0.2) is 18.8 Å². The average Bonchev–Trinajstić information content (AvgIpc) is 2.50. The highest BCUT2D eigenvalue weighted by atomic mass is 79.9. The summed E-state index contributed by atoms with van der Waals surface area (Å²) in [6.07, 6.45) is 1.79. The van der Waals surface area contributed by atoms with Crippen molar-refractivity contribution in [3.63, 3.8) is 0 Å². The summed E-state index contributed by atoms with van der Waals surface area (Å²) in [4.78, 5) is 1.32. The van der Waals surface area contributed by atoms with Crippen LogP contribution in [0.3, 0.4) is 0 Å². The van der Waals surface area contributed by atoms with E-state index in [2.05, 4.69) is 41.9 Å². The van der Waals surface area contributed by atoms with Crippen LogP contribution in [-0.2, 0) is 11.2 Å². The number of ether oxygens (including phenoxy) is 1. The zero-order valence-corrected chi connectivity index (χ0v) is 11.8. The average molecular weight is 292 g/mol. The summed E-state index contributed by atoms with van der Waals surface area (Å²) in [5.41, 5.74) is 5.96.